The molecule has 0 unspecified atom stereocenters. The first-order chi connectivity index (χ1) is 7.06. The molecule has 1 aromatic carbocycles. The van der Waals surface area contributed by atoms with E-state index in [2.05, 4.69) is 20.8 Å². The highest BCUT2D eigenvalue weighted by Crippen LogP contribution is 2.35. The summed E-state index contributed by atoms with van der Waals surface area (Å²) in [5.74, 6) is 1.15. The third kappa shape index (κ3) is 3.03. The zero-order chi connectivity index (χ0) is 11.4. The van der Waals surface area contributed by atoms with Gasteiger partial charge in [-0.3, -0.25) is 0 Å². The van der Waals surface area contributed by atoms with Crippen molar-refractivity contribution in [2.45, 2.75) is 33.1 Å². The van der Waals surface area contributed by atoms with Crippen LogP contribution in [0.15, 0.2) is 12.1 Å². The molecule has 1 rings (SSSR count). The van der Waals surface area contributed by atoms with Crippen molar-refractivity contribution in [3.8, 4) is 5.75 Å². The molecule has 0 fully saturated rings. The number of halogens is 1. The minimum absolute atomic E-state index is 0.359. The maximum Gasteiger partial charge on any atom is 0.145 e. The van der Waals surface area contributed by atoms with Gasteiger partial charge in [-0.1, -0.05) is 32.4 Å². The van der Waals surface area contributed by atoms with E-state index in [1.54, 1.807) is 6.07 Å². The van der Waals surface area contributed by atoms with Crippen LogP contribution in [0.4, 0.5) is 5.69 Å². The molecule has 0 amide bonds. The van der Waals surface area contributed by atoms with Gasteiger partial charge in [0.1, 0.15) is 5.75 Å². The fourth-order valence-electron chi connectivity index (χ4n) is 1.44. The first-order valence-electron chi connectivity index (χ1n) is 5.28. The van der Waals surface area contributed by atoms with Gasteiger partial charge in [-0.05, 0) is 24.5 Å². The molecular weight excluding hydrogens is 210 g/mol. The van der Waals surface area contributed by atoms with Crippen LogP contribution in [0.5, 0.6) is 5.75 Å². The second-order valence-corrected chi connectivity index (χ2v) is 4.35. The van der Waals surface area contributed by atoms with E-state index in [1.807, 2.05) is 6.07 Å². The van der Waals surface area contributed by atoms with E-state index in [4.69, 9.17) is 22.1 Å². The number of anilines is 1. The Morgan fingerprint density at radius 1 is 1.40 bits per heavy atom. The lowest BCUT2D eigenvalue weighted by atomic mass is 10.0. The Morgan fingerprint density at radius 2 is 2.07 bits per heavy atom. The fraction of sp³-hybridized carbons (Fsp3) is 0.500. The van der Waals surface area contributed by atoms with Crippen molar-refractivity contribution in [2.75, 3.05) is 12.3 Å². The molecule has 0 saturated carbocycles. The Labute approximate surface area is 96.4 Å². The molecule has 0 spiro atoms. The summed E-state index contributed by atoms with van der Waals surface area (Å²) in [6, 6.07) is 3.66. The molecule has 2 nitrogen and oxygen atoms in total. The SMILES string of the molecule is CCCOc1c(N)cc(Cl)cc1C(C)C. The molecule has 0 atom stereocenters. The maximum absolute atomic E-state index is 5.96. The number of nitrogen functional groups attached to an aromatic ring is 1. The van der Waals surface area contributed by atoms with E-state index in [9.17, 15) is 0 Å². The molecule has 0 aliphatic heterocycles. The lowest BCUT2D eigenvalue weighted by Crippen LogP contribution is -2.03. The first-order valence-corrected chi connectivity index (χ1v) is 5.65. The molecule has 0 saturated heterocycles. The average Bonchev–Trinajstić information content (AvgIpc) is 2.15. The van der Waals surface area contributed by atoms with E-state index in [1.165, 1.54) is 0 Å². The van der Waals surface area contributed by atoms with E-state index in [-0.39, 0.29) is 0 Å². The Morgan fingerprint density at radius 3 is 2.60 bits per heavy atom. The lowest BCUT2D eigenvalue weighted by Gasteiger charge is -2.16. The number of benzene rings is 1. The van der Waals surface area contributed by atoms with Gasteiger partial charge in [0.25, 0.3) is 0 Å². The van der Waals surface area contributed by atoms with Gasteiger partial charge in [0.2, 0.25) is 0 Å². The quantitative estimate of drug-likeness (QED) is 0.794. The van der Waals surface area contributed by atoms with Crippen LogP contribution in [0.3, 0.4) is 0 Å². The van der Waals surface area contributed by atoms with Crippen molar-refractivity contribution in [2.24, 2.45) is 0 Å². The molecule has 1 aromatic rings. The summed E-state index contributed by atoms with van der Waals surface area (Å²) in [5.41, 5.74) is 7.59. The minimum Gasteiger partial charge on any atom is -0.491 e. The number of nitrogens with two attached hydrogens (primary N) is 1. The lowest BCUT2D eigenvalue weighted by molar-refractivity contribution is 0.315. The molecular formula is C12H18ClNO. The van der Waals surface area contributed by atoms with Crippen LogP contribution in [0.25, 0.3) is 0 Å². The van der Waals surface area contributed by atoms with Crippen LogP contribution in [-0.4, -0.2) is 6.61 Å². The van der Waals surface area contributed by atoms with Crippen LogP contribution >= 0.6 is 11.6 Å². The summed E-state index contributed by atoms with van der Waals surface area (Å²) in [7, 11) is 0. The number of ether oxygens (including phenoxy) is 1. The predicted octanol–water partition coefficient (Wildman–Crippen LogP) is 3.83. The predicted molar refractivity (Wildman–Crippen MR) is 65.7 cm³/mol. The maximum atomic E-state index is 5.96. The Hall–Kier alpha value is -0.890. The van der Waals surface area contributed by atoms with Gasteiger partial charge in [0.05, 0.1) is 12.3 Å². The number of hydrogen-bond acceptors (Lipinski definition) is 2. The van der Waals surface area contributed by atoms with E-state index >= 15 is 0 Å². The molecule has 0 heterocycles. The van der Waals surface area contributed by atoms with Crippen molar-refractivity contribution in [1.29, 1.82) is 0 Å². The molecule has 0 aliphatic carbocycles. The van der Waals surface area contributed by atoms with Crippen molar-refractivity contribution in [3.63, 3.8) is 0 Å². The minimum atomic E-state index is 0.359. The summed E-state index contributed by atoms with van der Waals surface area (Å²) in [6.07, 6.45) is 0.972. The fourth-order valence-corrected chi connectivity index (χ4v) is 1.67. The topological polar surface area (TPSA) is 35.2 Å². The van der Waals surface area contributed by atoms with Crippen molar-refractivity contribution < 1.29 is 4.74 Å². The zero-order valence-electron chi connectivity index (χ0n) is 9.51. The smallest absolute Gasteiger partial charge is 0.145 e. The van der Waals surface area contributed by atoms with E-state index in [0.29, 0.717) is 23.2 Å². The van der Waals surface area contributed by atoms with Gasteiger partial charge in [-0.25, -0.2) is 0 Å². The van der Waals surface area contributed by atoms with Crippen LogP contribution in [0.1, 0.15) is 38.7 Å². The van der Waals surface area contributed by atoms with Crippen LogP contribution < -0.4 is 10.5 Å². The van der Waals surface area contributed by atoms with Gasteiger partial charge in [-0.2, -0.15) is 0 Å². The van der Waals surface area contributed by atoms with Crippen LogP contribution in [0.2, 0.25) is 5.02 Å². The van der Waals surface area contributed by atoms with E-state index < -0.39 is 0 Å². The summed E-state index contributed by atoms with van der Waals surface area (Å²) >= 11 is 5.96. The summed E-state index contributed by atoms with van der Waals surface area (Å²) in [6.45, 7) is 6.96. The molecule has 0 bridgehead atoms. The van der Waals surface area contributed by atoms with Crippen LogP contribution in [-0.2, 0) is 0 Å². The summed E-state index contributed by atoms with van der Waals surface area (Å²) in [4.78, 5) is 0. The standard InChI is InChI=1S/C12H18ClNO/c1-4-5-15-12-10(8(2)3)6-9(13)7-11(12)14/h6-8H,4-5,14H2,1-3H3. The molecule has 15 heavy (non-hydrogen) atoms. The van der Waals surface area contributed by atoms with Gasteiger partial charge in [0.15, 0.2) is 0 Å². The highest BCUT2D eigenvalue weighted by atomic mass is 35.5. The zero-order valence-corrected chi connectivity index (χ0v) is 10.3. The third-order valence-electron chi connectivity index (χ3n) is 2.18. The molecule has 3 heteroatoms. The second kappa shape index (κ2) is 5.26. The monoisotopic (exact) mass is 227 g/mol. The summed E-state index contributed by atoms with van der Waals surface area (Å²) in [5, 5.41) is 0.667. The van der Waals surface area contributed by atoms with E-state index in [0.717, 1.165) is 17.7 Å². The normalized spacial score (nSPS) is 10.7. The molecule has 84 valence electrons. The number of hydrogen-bond donors (Lipinski definition) is 1. The van der Waals surface area contributed by atoms with Crippen molar-refractivity contribution >= 4 is 17.3 Å². The van der Waals surface area contributed by atoms with Crippen LogP contribution in [0, 0.1) is 0 Å². The Balaban J connectivity index is 3.09. The van der Waals surface area contributed by atoms with Crippen molar-refractivity contribution in [1.82, 2.24) is 0 Å². The average molecular weight is 228 g/mol. The Kier molecular flexibility index (Phi) is 4.28. The first kappa shape index (κ1) is 12.2. The third-order valence-corrected chi connectivity index (χ3v) is 2.40. The van der Waals surface area contributed by atoms with Crippen molar-refractivity contribution in [3.05, 3.63) is 22.7 Å². The Bertz CT molecular complexity index is 337. The molecule has 0 aromatic heterocycles. The van der Waals surface area contributed by atoms with Gasteiger partial charge < -0.3 is 10.5 Å². The highest BCUT2D eigenvalue weighted by molar-refractivity contribution is 6.31. The summed E-state index contributed by atoms with van der Waals surface area (Å²) < 4.78 is 5.65. The number of rotatable bonds is 4. The van der Waals surface area contributed by atoms with Gasteiger partial charge in [0, 0.05) is 10.6 Å². The molecule has 0 aliphatic rings. The highest BCUT2D eigenvalue weighted by Gasteiger charge is 2.12. The van der Waals surface area contributed by atoms with Gasteiger partial charge in [-0.15, -0.1) is 0 Å². The molecule has 2 N–H and O–H groups in total. The molecule has 0 radical (unpaired) electrons. The second-order valence-electron chi connectivity index (χ2n) is 3.92. The largest absolute Gasteiger partial charge is 0.491 e. The van der Waals surface area contributed by atoms with Gasteiger partial charge >= 0.3 is 0 Å².